The van der Waals surface area contributed by atoms with Crippen LogP contribution in [0.5, 0.6) is 5.75 Å². The molecular weight excluding hydrogens is 480 g/mol. The Balaban J connectivity index is 1.78. The molecule has 0 spiro atoms. The van der Waals surface area contributed by atoms with E-state index in [0.29, 0.717) is 23.6 Å². The third-order valence-electron chi connectivity index (χ3n) is 4.95. The van der Waals surface area contributed by atoms with E-state index in [1.807, 2.05) is 25.1 Å². The molecule has 0 radical (unpaired) electrons. The monoisotopic (exact) mass is 508 g/mol. The highest BCUT2D eigenvalue weighted by atomic mass is 32.2. The van der Waals surface area contributed by atoms with Gasteiger partial charge in [-0.3, -0.25) is 9.59 Å². The number of hydrogen-bond acceptors (Lipinski definition) is 6. The minimum atomic E-state index is -4.04. The summed E-state index contributed by atoms with van der Waals surface area (Å²) in [5.41, 5.74) is 4.25. The van der Waals surface area contributed by atoms with Gasteiger partial charge in [-0.15, -0.1) is 0 Å². The molecule has 2 amide bonds. The molecule has 0 aliphatic carbocycles. The number of sulfonamides is 1. The second-order valence-electron chi connectivity index (χ2n) is 7.73. The number of amides is 2. The van der Waals surface area contributed by atoms with Gasteiger partial charge in [0.2, 0.25) is 15.9 Å². The number of carbonyl (C=O) groups is 2. The van der Waals surface area contributed by atoms with Crippen molar-refractivity contribution in [2.75, 3.05) is 18.5 Å². The second kappa shape index (κ2) is 12.6. The van der Waals surface area contributed by atoms with Crippen molar-refractivity contribution >= 4 is 33.7 Å². The fraction of sp³-hybridized carbons (Fsp3) is 0.192. The van der Waals surface area contributed by atoms with Crippen molar-refractivity contribution in [3.05, 3.63) is 90.0 Å². The molecule has 2 N–H and O–H groups in total. The van der Waals surface area contributed by atoms with Gasteiger partial charge in [-0.25, -0.2) is 13.8 Å². The summed E-state index contributed by atoms with van der Waals surface area (Å²) in [5, 5.41) is 6.57. The molecule has 0 fully saturated rings. The van der Waals surface area contributed by atoms with Gasteiger partial charge >= 0.3 is 0 Å². The number of rotatable bonds is 11. The average molecular weight is 509 g/mol. The van der Waals surface area contributed by atoms with E-state index in [9.17, 15) is 18.0 Å². The minimum Gasteiger partial charge on any atom is -0.493 e. The Morgan fingerprint density at radius 3 is 2.31 bits per heavy atom. The van der Waals surface area contributed by atoms with Crippen LogP contribution in [0.15, 0.2) is 88.9 Å². The molecule has 188 valence electrons. The van der Waals surface area contributed by atoms with Gasteiger partial charge in [0.15, 0.2) is 0 Å². The first-order valence-corrected chi connectivity index (χ1v) is 12.7. The van der Waals surface area contributed by atoms with E-state index < -0.39 is 22.5 Å². The van der Waals surface area contributed by atoms with E-state index in [4.69, 9.17) is 4.74 Å². The fourth-order valence-electron chi connectivity index (χ4n) is 3.32. The van der Waals surface area contributed by atoms with Crippen LogP contribution in [0.3, 0.4) is 0 Å². The highest BCUT2D eigenvalue weighted by Crippen LogP contribution is 2.21. The van der Waals surface area contributed by atoms with E-state index in [1.54, 1.807) is 36.4 Å². The molecule has 0 bridgehead atoms. The van der Waals surface area contributed by atoms with Crippen molar-refractivity contribution < 1.29 is 22.7 Å². The highest BCUT2D eigenvalue weighted by molar-refractivity contribution is 7.89. The van der Waals surface area contributed by atoms with Crippen LogP contribution in [-0.2, 0) is 26.2 Å². The first-order chi connectivity index (χ1) is 17.3. The van der Waals surface area contributed by atoms with Gasteiger partial charge in [-0.2, -0.15) is 9.41 Å². The Morgan fingerprint density at radius 2 is 1.64 bits per heavy atom. The van der Waals surface area contributed by atoms with Gasteiger partial charge < -0.3 is 10.1 Å². The zero-order chi connectivity index (χ0) is 26.0. The lowest BCUT2D eigenvalue weighted by molar-refractivity contribution is -0.121. The molecular formula is C26H28N4O5S. The van der Waals surface area contributed by atoms with E-state index in [-0.39, 0.29) is 17.3 Å². The van der Waals surface area contributed by atoms with Crippen LogP contribution in [0.25, 0.3) is 0 Å². The Bertz CT molecular complexity index is 1310. The number of carbonyl (C=O) groups excluding carboxylic acids is 2. The summed E-state index contributed by atoms with van der Waals surface area (Å²) in [4.78, 5) is 23.9. The largest absolute Gasteiger partial charge is 0.493 e. The Hall–Kier alpha value is -4.02. The predicted molar refractivity (Wildman–Crippen MR) is 138 cm³/mol. The Labute approximate surface area is 210 Å². The van der Waals surface area contributed by atoms with E-state index in [2.05, 4.69) is 15.8 Å². The van der Waals surface area contributed by atoms with Crippen molar-refractivity contribution in [1.29, 1.82) is 0 Å². The van der Waals surface area contributed by atoms with Crippen molar-refractivity contribution in [3.63, 3.8) is 0 Å². The van der Waals surface area contributed by atoms with E-state index >= 15 is 0 Å². The zero-order valence-electron chi connectivity index (χ0n) is 20.0. The summed E-state index contributed by atoms with van der Waals surface area (Å²) in [7, 11) is -4.04. The number of hydrazone groups is 1. The third kappa shape index (κ3) is 7.49. The maximum atomic E-state index is 13.4. The number of nitrogens with one attached hydrogen (secondary N) is 2. The maximum absolute atomic E-state index is 13.4. The van der Waals surface area contributed by atoms with Gasteiger partial charge in [0, 0.05) is 24.7 Å². The summed E-state index contributed by atoms with van der Waals surface area (Å²) in [6.07, 6.45) is 1.44. The van der Waals surface area contributed by atoms with Crippen molar-refractivity contribution in [2.24, 2.45) is 5.10 Å². The van der Waals surface area contributed by atoms with Crippen LogP contribution in [0.4, 0.5) is 5.69 Å². The standard InChI is InChI=1S/C26H28N4O5S/c1-3-35-25-12-8-7-11-22(25)17-27-29-26(32)19-30(18-21-9-5-4-6-10-21)36(33,34)24-15-13-23(14-16-24)28-20(2)31/h4-17H,3,18-19H2,1-2H3,(H,28,31)(H,29,32)/b27-17-. The molecule has 0 saturated carbocycles. The SMILES string of the molecule is CCOc1ccccc1/C=N\NC(=O)CN(Cc1ccccc1)S(=O)(=O)c1ccc(NC(C)=O)cc1. The third-order valence-corrected chi connectivity index (χ3v) is 6.75. The molecule has 9 nitrogen and oxygen atoms in total. The van der Waals surface area contributed by atoms with Gasteiger partial charge in [0.25, 0.3) is 5.91 Å². The van der Waals surface area contributed by atoms with Gasteiger partial charge in [0.1, 0.15) is 5.75 Å². The molecule has 3 aromatic rings. The van der Waals surface area contributed by atoms with Crippen LogP contribution < -0.4 is 15.5 Å². The van der Waals surface area contributed by atoms with Crippen molar-refractivity contribution in [3.8, 4) is 5.75 Å². The van der Waals surface area contributed by atoms with Crippen molar-refractivity contribution in [2.45, 2.75) is 25.3 Å². The normalized spacial score (nSPS) is 11.4. The molecule has 0 unspecified atom stereocenters. The summed E-state index contributed by atoms with van der Waals surface area (Å²) in [5.74, 6) is -0.249. The van der Waals surface area contributed by atoms with E-state index in [0.717, 1.165) is 9.87 Å². The molecule has 3 rings (SSSR count). The van der Waals surface area contributed by atoms with Gasteiger partial charge in [-0.05, 0) is 48.9 Å². The molecule has 0 atom stereocenters. The number of ether oxygens (including phenoxy) is 1. The lowest BCUT2D eigenvalue weighted by Crippen LogP contribution is -2.39. The predicted octanol–water partition coefficient (Wildman–Crippen LogP) is 3.38. The quantitative estimate of drug-likeness (QED) is 0.304. The maximum Gasteiger partial charge on any atom is 0.255 e. The smallest absolute Gasteiger partial charge is 0.255 e. The molecule has 0 saturated heterocycles. The van der Waals surface area contributed by atoms with Crippen LogP contribution in [-0.4, -0.2) is 43.9 Å². The minimum absolute atomic E-state index is 0.00511. The summed E-state index contributed by atoms with van der Waals surface area (Å²) in [6.45, 7) is 3.25. The zero-order valence-corrected chi connectivity index (χ0v) is 20.9. The molecule has 0 heterocycles. The molecule has 0 aliphatic heterocycles. The van der Waals surface area contributed by atoms with Crippen LogP contribution in [0.2, 0.25) is 0 Å². The molecule has 3 aromatic carbocycles. The first kappa shape index (κ1) is 26.6. The summed E-state index contributed by atoms with van der Waals surface area (Å²) < 4.78 is 33.5. The van der Waals surface area contributed by atoms with Crippen LogP contribution in [0, 0.1) is 0 Å². The number of benzene rings is 3. The molecule has 36 heavy (non-hydrogen) atoms. The van der Waals surface area contributed by atoms with Crippen molar-refractivity contribution in [1.82, 2.24) is 9.73 Å². The Kier molecular flexibility index (Phi) is 9.32. The molecule has 10 heteroatoms. The average Bonchev–Trinajstić information content (AvgIpc) is 2.85. The van der Waals surface area contributed by atoms with Crippen LogP contribution in [0.1, 0.15) is 25.0 Å². The highest BCUT2D eigenvalue weighted by Gasteiger charge is 2.27. The number of para-hydroxylation sites is 1. The summed E-state index contributed by atoms with van der Waals surface area (Å²) in [6, 6.07) is 22.0. The van der Waals surface area contributed by atoms with Gasteiger partial charge in [-0.1, -0.05) is 42.5 Å². The fourth-order valence-corrected chi connectivity index (χ4v) is 4.70. The first-order valence-electron chi connectivity index (χ1n) is 11.2. The van der Waals surface area contributed by atoms with E-state index in [1.165, 1.54) is 37.4 Å². The topological polar surface area (TPSA) is 117 Å². The number of nitrogens with zero attached hydrogens (tertiary/aromatic N) is 2. The number of anilines is 1. The summed E-state index contributed by atoms with van der Waals surface area (Å²) >= 11 is 0. The number of hydrogen-bond donors (Lipinski definition) is 2. The van der Waals surface area contributed by atoms with Gasteiger partial charge in [0.05, 0.1) is 24.3 Å². The second-order valence-corrected chi connectivity index (χ2v) is 9.67. The van der Waals surface area contributed by atoms with Crippen LogP contribution >= 0.6 is 0 Å². The lowest BCUT2D eigenvalue weighted by atomic mass is 10.2. The molecule has 0 aromatic heterocycles. The molecule has 0 aliphatic rings. The Morgan fingerprint density at radius 1 is 0.972 bits per heavy atom. The lowest BCUT2D eigenvalue weighted by Gasteiger charge is -2.21.